The van der Waals surface area contributed by atoms with Crippen molar-refractivity contribution in [3.63, 3.8) is 0 Å². The van der Waals surface area contributed by atoms with Crippen molar-refractivity contribution in [3.05, 3.63) is 35.4 Å². The van der Waals surface area contributed by atoms with Gasteiger partial charge in [0.25, 0.3) is 0 Å². The van der Waals surface area contributed by atoms with Crippen LogP contribution in [0.2, 0.25) is 0 Å². The first-order valence-electron chi connectivity index (χ1n) is 7.08. The molecular formula is C16H24N2O. The number of benzene rings is 1. The number of carbonyl (C=O) groups excluding carboxylic acids is 1. The van der Waals surface area contributed by atoms with Crippen LogP contribution < -0.4 is 0 Å². The van der Waals surface area contributed by atoms with Gasteiger partial charge < -0.3 is 4.90 Å². The number of hydrogen-bond acceptors (Lipinski definition) is 3. The molecule has 1 aliphatic rings. The first-order chi connectivity index (χ1) is 9.06. The minimum absolute atomic E-state index is 0.236. The van der Waals surface area contributed by atoms with Crippen molar-refractivity contribution in [2.24, 2.45) is 0 Å². The molecule has 3 nitrogen and oxygen atoms in total. The largest absolute Gasteiger partial charge is 0.305 e. The van der Waals surface area contributed by atoms with Crippen LogP contribution in [0.15, 0.2) is 24.3 Å². The highest BCUT2D eigenvalue weighted by molar-refractivity contribution is 5.97. The Labute approximate surface area is 116 Å². The van der Waals surface area contributed by atoms with Gasteiger partial charge in [0.05, 0.1) is 6.54 Å². The zero-order valence-electron chi connectivity index (χ0n) is 12.2. The van der Waals surface area contributed by atoms with Gasteiger partial charge in [-0.3, -0.25) is 9.69 Å². The van der Waals surface area contributed by atoms with E-state index >= 15 is 0 Å². The first-order valence-corrected chi connectivity index (χ1v) is 7.08. The number of nitrogens with zero attached hydrogens (tertiary/aromatic N) is 2. The molecule has 1 saturated heterocycles. The molecule has 0 aliphatic carbocycles. The maximum atomic E-state index is 12.3. The summed E-state index contributed by atoms with van der Waals surface area (Å²) < 4.78 is 0. The molecule has 0 amide bonds. The Morgan fingerprint density at radius 2 is 2.16 bits per heavy atom. The third-order valence-corrected chi connectivity index (χ3v) is 3.87. The predicted octanol–water partition coefficient (Wildman–Crippen LogP) is 2.20. The van der Waals surface area contributed by atoms with E-state index in [0.29, 0.717) is 12.6 Å². The number of carbonyl (C=O) groups is 1. The molecule has 19 heavy (non-hydrogen) atoms. The molecule has 0 N–H and O–H groups in total. The van der Waals surface area contributed by atoms with Gasteiger partial charge in [-0.1, -0.05) is 23.8 Å². The Morgan fingerprint density at radius 1 is 1.37 bits per heavy atom. The second kappa shape index (κ2) is 6.31. The van der Waals surface area contributed by atoms with Crippen molar-refractivity contribution < 1.29 is 4.79 Å². The molecule has 1 atom stereocenters. The highest BCUT2D eigenvalue weighted by Gasteiger charge is 2.21. The average molecular weight is 260 g/mol. The van der Waals surface area contributed by atoms with Crippen molar-refractivity contribution >= 4 is 5.78 Å². The minimum atomic E-state index is 0.236. The summed E-state index contributed by atoms with van der Waals surface area (Å²) in [6.45, 7) is 7.97. The lowest BCUT2D eigenvalue weighted by molar-refractivity contribution is 0.0900. The molecule has 0 radical (unpaired) electrons. The Bertz CT molecular complexity index is 444. The zero-order chi connectivity index (χ0) is 13.8. The lowest BCUT2D eigenvalue weighted by Gasteiger charge is -2.27. The Kier molecular flexibility index (Phi) is 4.72. The van der Waals surface area contributed by atoms with Gasteiger partial charge in [0.2, 0.25) is 0 Å². The van der Waals surface area contributed by atoms with E-state index in [2.05, 4.69) is 23.8 Å². The minimum Gasteiger partial charge on any atom is -0.305 e. The van der Waals surface area contributed by atoms with Gasteiger partial charge in [0, 0.05) is 24.7 Å². The van der Waals surface area contributed by atoms with E-state index in [1.807, 2.05) is 31.2 Å². The molecule has 1 unspecified atom stereocenters. The summed E-state index contributed by atoms with van der Waals surface area (Å²) in [6, 6.07) is 8.34. The molecule has 0 aromatic heterocycles. The summed E-state index contributed by atoms with van der Waals surface area (Å²) in [5.74, 6) is 0.236. The van der Waals surface area contributed by atoms with Crippen LogP contribution in [0.25, 0.3) is 0 Å². The van der Waals surface area contributed by atoms with Crippen LogP contribution in [0.3, 0.4) is 0 Å². The van der Waals surface area contributed by atoms with E-state index in [9.17, 15) is 4.79 Å². The van der Waals surface area contributed by atoms with Crippen LogP contribution in [0.5, 0.6) is 0 Å². The fourth-order valence-corrected chi connectivity index (χ4v) is 2.75. The van der Waals surface area contributed by atoms with Gasteiger partial charge in [-0.05, 0) is 39.9 Å². The quantitative estimate of drug-likeness (QED) is 0.779. The van der Waals surface area contributed by atoms with E-state index in [1.54, 1.807) is 0 Å². The highest BCUT2D eigenvalue weighted by atomic mass is 16.1. The molecule has 104 valence electrons. The van der Waals surface area contributed by atoms with Crippen LogP contribution in [0, 0.1) is 6.92 Å². The number of rotatable bonds is 3. The molecule has 1 aromatic carbocycles. The summed E-state index contributed by atoms with van der Waals surface area (Å²) in [5, 5.41) is 0. The van der Waals surface area contributed by atoms with Crippen molar-refractivity contribution in [2.75, 3.05) is 33.2 Å². The summed E-state index contributed by atoms with van der Waals surface area (Å²) >= 11 is 0. The summed E-state index contributed by atoms with van der Waals surface area (Å²) in [5.41, 5.74) is 1.99. The molecule has 0 saturated carbocycles. The average Bonchev–Trinajstić information content (AvgIpc) is 2.51. The monoisotopic (exact) mass is 260 g/mol. The fourth-order valence-electron chi connectivity index (χ4n) is 2.75. The molecule has 2 rings (SSSR count). The number of likely N-dealkylation sites (N-methyl/N-ethyl adjacent to an activating group) is 1. The number of Topliss-reactive ketones (excluding diaryl/α,β-unsaturated/α-hetero) is 1. The molecular weight excluding hydrogens is 236 g/mol. The van der Waals surface area contributed by atoms with Crippen molar-refractivity contribution in [2.45, 2.75) is 26.3 Å². The van der Waals surface area contributed by atoms with Crippen LogP contribution in [-0.2, 0) is 0 Å². The molecule has 1 fully saturated rings. The summed E-state index contributed by atoms with van der Waals surface area (Å²) in [7, 11) is 2.16. The molecule has 0 spiro atoms. The lowest BCUT2D eigenvalue weighted by atomic mass is 10.1. The number of hydrogen-bond donors (Lipinski definition) is 0. The van der Waals surface area contributed by atoms with E-state index in [4.69, 9.17) is 0 Å². The standard InChI is InChI=1S/C16H24N2O/c1-13-6-4-7-15(10-13)16(19)12-18-9-5-8-17(3)11-14(18)2/h4,6-7,10,14H,5,8-9,11-12H2,1-3H3. The van der Waals surface area contributed by atoms with Crippen molar-refractivity contribution in [3.8, 4) is 0 Å². The van der Waals surface area contributed by atoms with Crippen LogP contribution in [0.4, 0.5) is 0 Å². The molecule has 3 heteroatoms. The van der Waals surface area contributed by atoms with E-state index in [0.717, 1.165) is 37.2 Å². The van der Waals surface area contributed by atoms with E-state index < -0.39 is 0 Å². The van der Waals surface area contributed by atoms with Crippen molar-refractivity contribution in [1.29, 1.82) is 0 Å². The second-order valence-electron chi connectivity index (χ2n) is 5.73. The Morgan fingerprint density at radius 3 is 2.89 bits per heavy atom. The Balaban J connectivity index is 2.01. The SMILES string of the molecule is Cc1cccc(C(=O)CN2CCCN(C)CC2C)c1. The molecule has 1 aromatic rings. The van der Waals surface area contributed by atoms with Gasteiger partial charge in [0.1, 0.15) is 0 Å². The summed E-state index contributed by atoms with van der Waals surface area (Å²) in [4.78, 5) is 17.0. The maximum Gasteiger partial charge on any atom is 0.176 e. The van der Waals surface area contributed by atoms with E-state index in [1.165, 1.54) is 0 Å². The van der Waals surface area contributed by atoms with Gasteiger partial charge in [-0.2, -0.15) is 0 Å². The zero-order valence-corrected chi connectivity index (χ0v) is 12.2. The molecule has 1 heterocycles. The lowest BCUT2D eigenvalue weighted by Crippen LogP contribution is -2.40. The fraction of sp³-hybridized carbons (Fsp3) is 0.562. The van der Waals surface area contributed by atoms with Crippen LogP contribution in [-0.4, -0.2) is 54.9 Å². The smallest absolute Gasteiger partial charge is 0.176 e. The topological polar surface area (TPSA) is 23.6 Å². The normalized spacial score (nSPS) is 22.2. The van der Waals surface area contributed by atoms with Gasteiger partial charge in [-0.25, -0.2) is 0 Å². The van der Waals surface area contributed by atoms with Crippen LogP contribution >= 0.6 is 0 Å². The van der Waals surface area contributed by atoms with Crippen LogP contribution in [0.1, 0.15) is 29.3 Å². The molecule has 1 aliphatic heterocycles. The summed E-state index contributed by atoms with van der Waals surface area (Å²) in [6.07, 6.45) is 1.14. The Hall–Kier alpha value is -1.19. The van der Waals surface area contributed by atoms with Gasteiger partial charge in [-0.15, -0.1) is 0 Å². The van der Waals surface area contributed by atoms with Gasteiger partial charge >= 0.3 is 0 Å². The number of ketones is 1. The number of aryl methyl sites for hydroxylation is 1. The third kappa shape index (κ3) is 3.88. The molecule has 0 bridgehead atoms. The van der Waals surface area contributed by atoms with Gasteiger partial charge in [0.15, 0.2) is 5.78 Å². The van der Waals surface area contributed by atoms with Crippen molar-refractivity contribution in [1.82, 2.24) is 9.80 Å². The van der Waals surface area contributed by atoms with E-state index in [-0.39, 0.29) is 5.78 Å². The highest BCUT2D eigenvalue weighted by Crippen LogP contribution is 2.11. The second-order valence-corrected chi connectivity index (χ2v) is 5.73. The maximum absolute atomic E-state index is 12.3. The third-order valence-electron chi connectivity index (χ3n) is 3.87. The predicted molar refractivity (Wildman–Crippen MR) is 78.7 cm³/mol. The first kappa shape index (κ1) is 14.2.